The third-order valence-electron chi connectivity index (χ3n) is 2.17. The van der Waals surface area contributed by atoms with Gasteiger partial charge in [0.25, 0.3) is 0 Å². The highest BCUT2D eigenvalue weighted by Gasteiger charge is 2.10. The molecule has 0 saturated heterocycles. The Morgan fingerprint density at radius 3 is 2.88 bits per heavy atom. The monoisotopic (exact) mass is 225 g/mol. The first-order valence-corrected chi connectivity index (χ1v) is 5.47. The Hall–Kier alpha value is -1.10. The molecule has 0 aromatic heterocycles. The Kier molecular flexibility index (Phi) is 5.85. The number of hydrogen-bond donors (Lipinski definition) is 2. The van der Waals surface area contributed by atoms with Crippen molar-refractivity contribution in [2.24, 2.45) is 5.73 Å². The summed E-state index contributed by atoms with van der Waals surface area (Å²) in [6.07, 6.45) is -0.187. The van der Waals surface area contributed by atoms with E-state index < -0.39 is 0 Å². The van der Waals surface area contributed by atoms with Crippen molar-refractivity contribution in [3.63, 3.8) is 0 Å². The molecule has 4 heteroatoms. The van der Waals surface area contributed by atoms with Gasteiger partial charge in [-0.15, -0.1) is 0 Å². The third kappa shape index (κ3) is 3.81. The van der Waals surface area contributed by atoms with Crippen LogP contribution in [0.25, 0.3) is 0 Å². The maximum atomic E-state index is 8.71. The highest BCUT2D eigenvalue weighted by molar-refractivity contribution is 5.30. The Labute approximate surface area is 96.0 Å². The molecule has 0 fully saturated rings. The van der Waals surface area contributed by atoms with Crippen molar-refractivity contribution >= 4 is 0 Å². The Balaban J connectivity index is 2.71. The number of ether oxygens (including phenoxy) is 2. The van der Waals surface area contributed by atoms with E-state index in [9.17, 15) is 0 Å². The second-order valence-corrected chi connectivity index (χ2v) is 3.32. The number of rotatable bonds is 7. The third-order valence-corrected chi connectivity index (χ3v) is 2.17. The average molecular weight is 225 g/mol. The van der Waals surface area contributed by atoms with Crippen molar-refractivity contribution in [1.29, 1.82) is 0 Å². The smallest absolute Gasteiger partial charge is 0.119 e. The summed E-state index contributed by atoms with van der Waals surface area (Å²) in [4.78, 5) is 0. The molecule has 1 aromatic rings. The first-order valence-electron chi connectivity index (χ1n) is 5.47. The lowest BCUT2D eigenvalue weighted by Gasteiger charge is -2.16. The molecule has 0 heterocycles. The SMILES string of the molecule is CCOc1cccc(C(CN)OCCO)c1. The van der Waals surface area contributed by atoms with Crippen LogP contribution < -0.4 is 10.5 Å². The van der Waals surface area contributed by atoms with Crippen molar-refractivity contribution in [3.8, 4) is 5.75 Å². The topological polar surface area (TPSA) is 64.7 Å². The van der Waals surface area contributed by atoms with Gasteiger partial charge in [0, 0.05) is 6.54 Å². The molecule has 1 rings (SSSR count). The largest absolute Gasteiger partial charge is 0.494 e. The summed E-state index contributed by atoms with van der Waals surface area (Å²) in [6, 6.07) is 7.66. The van der Waals surface area contributed by atoms with Crippen LogP contribution in [-0.4, -0.2) is 31.5 Å². The van der Waals surface area contributed by atoms with Gasteiger partial charge in [-0.05, 0) is 24.6 Å². The van der Waals surface area contributed by atoms with Crippen LogP contribution in [0.4, 0.5) is 0 Å². The van der Waals surface area contributed by atoms with Crippen LogP contribution in [0.15, 0.2) is 24.3 Å². The van der Waals surface area contributed by atoms with Gasteiger partial charge in [-0.25, -0.2) is 0 Å². The number of hydrogen-bond acceptors (Lipinski definition) is 4. The molecule has 0 saturated carbocycles. The molecule has 0 bridgehead atoms. The van der Waals surface area contributed by atoms with Gasteiger partial charge in [0.2, 0.25) is 0 Å². The summed E-state index contributed by atoms with van der Waals surface area (Å²) in [5.41, 5.74) is 6.60. The van der Waals surface area contributed by atoms with Crippen LogP contribution in [0, 0.1) is 0 Å². The quantitative estimate of drug-likeness (QED) is 0.729. The maximum Gasteiger partial charge on any atom is 0.119 e. The first-order chi connectivity index (χ1) is 7.81. The number of aliphatic hydroxyl groups excluding tert-OH is 1. The lowest BCUT2D eigenvalue weighted by Crippen LogP contribution is -2.17. The molecular formula is C12H19NO3. The van der Waals surface area contributed by atoms with E-state index in [1.165, 1.54) is 0 Å². The summed E-state index contributed by atoms with van der Waals surface area (Å²) >= 11 is 0. The molecule has 0 amide bonds. The zero-order chi connectivity index (χ0) is 11.8. The second kappa shape index (κ2) is 7.22. The standard InChI is InChI=1S/C12H19NO3/c1-2-15-11-5-3-4-10(8-11)12(9-13)16-7-6-14/h3-5,8,12,14H,2,6-7,9,13H2,1H3. The van der Waals surface area contributed by atoms with Crippen molar-refractivity contribution in [3.05, 3.63) is 29.8 Å². The van der Waals surface area contributed by atoms with Gasteiger partial charge < -0.3 is 20.3 Å². The molecular weight excluding hydrogens is 206 g/mol. The molecule has 1 aromatic carbocycles. The van der Waals surface area contributed by atoms with Crippen LogP contribution >= 0.6 is 0 Å². The summed E-state index contributed by atoms with van der Waals surface area (Å²) in [7, 11) is 0. The number of aliphatic hydroxyl groups is 1. The molecule has 0 radical (unpaired) electrons. The molecule has 0 aliphatic rings. The second-order valence-electron chi connectivity index (χ2n) is 3.32. The van der Waals surface area contributed by atoms with Gasteiger partial charge in [-0.3, -0.25) is 0 Å². The van der Waals surface area contributed by atoms with Crippen LogP contribution in [0.5, 0.6) is 5.75 Å². The first kappa shape index (κ1) is 13.0. The van der Waals surface area contributed by atoms with Crippen LogP contribution in [0.1, 0.15) is 18.6 Å². The molecule has 3 N–H and O–H groups in total. The number of nitrogens with two attached hydrogens (primary N) is 1. The lowest BCUT2D eigenvalue weighted by molar-refractivity contribution is 0.0327. The maximum absolute atomic E-state index is 8.71. The predicted octanol–water partition coefficient (Wildman–Crippen LogP) is 1.09. The summed E-state index contributed by atoms with van der Waals surface area (Å²) in [5, 5.41) is 8.71. The fourth-order valence-corrected chi connectivity index (χ4v) is 1.47. The van der Waals surface area contributed by atoms with E-state index in [0.717, 1.165) is 11.3 Å². The Morgan fingerprint density at radius 2 is 2.25 bits per heavy atom. The van der Waals surface area contributed by atoms with Crippen molar-refractivity contribution in [2.75, 3.05) is 26.4 Å². The Bertz CT molecular complexity index is 304. The lowest BCUT2D eigenvalue weighted by atomic mass is 10.1. The summed E-state index contributed by atoms with van der Waals surface area (Å²) < 4.78 is 10.8. The van der Waals surface area contributed by atoms with Crippen LogP contribution in [-0.2, 0) is 4.74 Å². The van der Waals surface area contributed by atoms with E-state index in [1.54, 1.807) is 0 Å². The predicted molar refractivity (Wildman–Crippen MR) is 62.4 cm³/mol. The van der Waals surface area contributed by atoms with E-state index in [-0.39, 0.29) is 12.7 Å². The van der Waals surface area contributed by atoms with E-state index in [2.05, 4.69) is 0 Å². The molecule has 90 valence electrons. The van der Waals surface area contributed by atoms with E-state index in [4.69, 9.17) is 20.3 Å². The minimum absolute atomic E-state index is 0.00164. The van der Waals surface area contributed by atoms with Crippen molar-refractivity contribution in [1.82, 2.24) is 0 Å². The van der Waals surface area contributed by atoms with Gasteiger partial charge in [-0.2, -0.15) is 0 Å². The van der Waals surface area contributed by atoms with Crippen LogP contribution in [0.2, 0.25) is 0 Å². The summed E-state index contributed by atoms with van der Waals surface area (Å²) in [5.74, 6) is 0.811. The highest BCUT2D eigenvalue weighted by atomic mass is 16.5. The zero-order valence-electron chi connectivity index (χ0n) is 9.56. The van der Waals surface area contributed by atoms with Gasteiger partial charge in [0.05, 0.1) is 25.9 Å². The van der Waals surface area contributed by atoms with Gasteiger partial charge in [-0.1, -0.05) is 12.1 Å². The molecule has 1 atom stereocenters. The normalized spacial score (nSPS) is 12.4. The van der Waals surface area contributed by atoms with Gasteiger partial charge in [0.15, 0.2) is 0 Å². The van der Waals surface area contributed by atoms with E-state index in [0.29, 0.717) is 19.8 Å². The molecule has 16 heavy (non-hydrogen) atoms. The average Bonchev–Trinajstić information content (AvgIpc) is 2.31. The van der Waals surface area contributed by atoms with E-state index >= 15 is 0 Å². The molecule has 0 aliphatic heterocycles. The minimum Gasteiger partial charge on any atom is -0.494 e. The van der Waals surface area contributed by atoms with Crippen molar-refractivity contribution < 1.29 is 14.6 Å². The zero-order valence-corrected chi connectivity index (χ0v) is 9.56. The molecule has 4 nitrogen and oxygen atoms in total. The molecule has 0 spiro atoms. The van der Waals surface area contributed by atoms with Gasteiger partial charge in [0.1, 0.15) is 5.75 Å². The van der Waals surface area contributed by atoms with E-state index in [1.807, 2.05) is 31.2 Å². The number of benzene rings is 1. The Morgan fingerprint density at radius 1 is 1.44 bits per heavy atom. The fraction of sp³-hybridized carbons (Fsp3) is 0.500. The van der Waals surface area contributed by atoms with Crippen molar-refractivity contribution in [2.45, 2.75) is 13.0 Å². The van der Waals surface area contributed by atoms with Crippen LogP contribution in [0.3, 0.4) is 0 Å². The summed E-state index contributed by atoms with van der Waals surface area (Å²) in [6.45, 7) is 3.25. The molecule has 0 aliphatic carbocycles. The molecule has 1 unspecified atom stereocenters. The highest BCUT2D eigenvalue weighted by Crippen LogP contribution is 2.21. The van der Waals surface area contributed by atoms with Gasteiger partial charge >= 0.3 is 0 Å². The fourth-order valence-electron chi connectivity index (χ4n) is 1.47. The minimum atomic E-state index is -0.187.